The second-order valence-electron chi connectivity index (χ2n) is 9.31. The van der Waals surface area contributed by atoms with Gasteiger partial charge >= 0.3 is 0 Å². The lowest BCUT2D eigenvalue weighted by molar-refractivity contribution is -0.133. The van der Waals surface area contributed by atoms with Crippen LogP contribution in [0.15, 0.2) is 12.2 Å². The highest BCUT2D eigenvalue weighted by atomic mass is 16.2. The zero-order valence-electron chi connectivity index (χ0n) is 15.9. The minimum absolute atomic E-state index is 0.0534. The van der Waals surface area contributed by atoms with Gasteiger partial charge in [0.05, 0.1) is 6.54 Å². The highest BCUT2D eigenvalue weighted by Gasteiger charge is 2.60. The van der Waals surface area contributed by atoms with Crippen LogP contribution in [0.25, 0.3) is 0 Å². The third-order valence-corrected chi connectivity index (χ3v) is 8.37. The predicted molar refractivity (Wildman–Crippen MR) is 101 cm³/mol. The van der Waals surface area contributed by atoms with Crippen molar-refractivity contribution < 1.29 is 9.59 Å². The smallest absolute Gasteiger partial charge is 0.243 e. The molecule has 0 saturated heterocycles. The maximum atomic E-state index is 12.7. The number of terminal acetylenes is 1. The maximum Gasteiger partial charge on any atom is 0.243 e. The Balaban J connectivity index is 1.58. The molecular weight excluding hydrogens is 324 g/mol. The molecule has 0 spiro atoms. The van der Waals surface area contributed by atoms with E-state index >= 15 is 0 Å². The molecule has 0 aromatic carbocycles. The minimum atomic E-state index is 0.0534. The van der Waals surface area contributed by atoms with Crippen LogP contribution in [0, 0.1) is 46.8 Å². The van der Waals surface area contributed by atoms with Gasteiger partial charge in [0.1, 0.15) is 0 Å². The number of nitrogens with one attached hydrogen (secondary N) is 2. The Labute approximate surface area is 156 Å². The number of carbonyl (C=O) groups is 2. The number of rotatable bonds is 2. The van der Waals surface area contributed by atoms with E-state index in [1.165, 1.54) is 0 Å². The third-order valence-electron chi connectivity index (χ3n) is 8.37. The largest absolute Gasteiger partial charge is 0.349 e. The zero-order chi connectivity index (χ0) is 18.5. The first-order chi connectivity index (χ1) is 12.4. The van der Waals surface area contributed by atoms with E-state index < -0.39 is 0 Å². The molecule has 3 saturated carbocycles. The van der Waals surface area contributed by atoms with Crippen LogP contribution in [0.5, 0.6) is 0 Å². The highest BCUT2D eigenvalue weighted by Crippen LogP contribution is 2.64. The number of amides is 2. The Morgan fingerprint density at radius 3 is 2.85 bits per heavy atom. The predicted octanol–water partition coefficient (Wildman–Crippen LogP) is 2.65. The molecule has 26 heavy (non-hydrogen) atoms. The summed E-state index contributed by atoms with van der Waals surface area (Å²) in [7, 11) is 0. The summed E-state index contributed by atoms with van der Waals surface area (Å²) in [6, 6.07) is 0.265. The molecule has 4 nitrogen and oxygen atoms in total. The van der Waals surface area contributed by atoms with Crippen molar-refractivity contribution in [3.63, 3.8) is 0 Å². The van der Waals surface area contributed by atoms with Crippen molar-refractivity contribution >= 4 is 11.8 Å². The van der Waals surface area contributed by atoms with E-state index in [0.29, 0.717) is 24.3 Å². The number of fused-ring (bicyclic) bond motifs is 5. The van der Waals surface area contributed by atoms with Crippen LogP contribution in [0.4, 0.5) is 0 Å². The Morgan fingerprint density at radius 2 is 2.08 bits per heavy atom. The molecule has 2 unspecified atom stereocenters. The van der Waals surface area contributed by atoms with E-state index in [0.717, 1.165) is 38.5 Å². The fourth-order valence-corrected chi connectivity index (χ4v) is 7.03. The lowest BCUT2D eigenvalue weighted by atomic mass is 9.48. The van der Waals surface area contributed by atoms with Gasteiger partial charge in [-0.15, -0.1) is 6.42 Å². The van der Waals surface area contributed by atoms with Gasteiger partial charge in [0.15, 0.2) is 0 Å². The number of hydrogen-bond donors (Lipinski definition) is 2. The van der Waals surface area contributed by atoms with Crippen LogP contribution in [0.2, 0.25) is 0 Å². The fraction of sp³-hybridized carbons (Fsp3) is 0.727. The summed E-state index contributed by atoms with van der Waals surface area (Å²) in [5.74, 6) is 4.67. The van der Waals surface area contributed by atoms with Crippen LogP contribution >= 0.6 is 0 Å². The van der Waals surface area contributed by atoms with Gasteiger partial charge in [-0.3, -0.25) is 9.59 Å². The lowest BCUT2D eigenvalue weighted by Crippen LogP contribution is -2.59. The summed E-state index contributed by atoms with van der Waals surface area (Å²) in [4.78, 5) is 24.5. The van der Waals surface area contributed by atoms with Gasteiger partial charge in [0.2, 0.25) is 11.8 Å². The SMILES string of the molecule is C#CCNC(=O)C1CC[C@H]2[C@@H]3CCC4NC(=O)C=C[C@]4(C)[C@@H]3CC[C@]12C. The second-order valence-corrected chi connectivity index (χ2v) is 9.31. The van der Waals surface area contributed by atoms with E-state index in [1.807, 2.05) is 0 Å². The monoisotopic (exact) mass is 354 g/mol. The van der Waals surface area contributed by atoms with Gasteiger partial charge in [0, 0.05) is 17.4 Å². The molecule has 1 aliphatic heterocycles. The maximum absolute atomic E-state index is 12.7. The van der Waals surface area contributed by atoms with E-state index in [9.17, 15) is 9.59 Å². The molecule has 0 bridgehead atoms. The zero-order valence-corrected chi connectivity index (χ0v) is 15.9. The Bertz CT molecular complexity index is 693. The molecule has 1 heterocycles. The molecule has 0 radical (unpaired) electrons. The van der Waals surface area contributed by atoms with Crippen LogP contribution in [0.1, 0.15) is 52.4 Å². The molecule has 4 heteroatoms. The van der Waals surface area contributed by atoms with Crippen molar-refractivity contribution in [3.8, 4) is 12.3 Å². The number of carbonyl (C=O) groups excluding carboxylic acids is 2. The van der Waals surface area contributed by atoms with Gasteiger partial charge in [-0.2, -0.15) is 0 Å². The third kappa shape index (κ3) is 2.43. The topological polar surface area (TPSA) is 58.2 Å². The van der Waals surface area contributed by atoms with Crippen molar-refractivity contribution in [3.05, 3.63) is 12.2 Å². The first kappa shape index (κ1) is 17.6. The van der Waals surface area contributed by atoms with E-state index in [2.05, 4.69) is 36.5 Å². The average molecular weight is 354 g/mol. The normalized spacial score (nSPS) is 46.3. The standard InChI is InChI=1S/C22H30N2O2/c1-4-13-23-20(26)17-7-6-15-14-5-8-18-22(3,12-10-19(25)24-18)16(14)9-11-21(15,17)2/h1,10,12,14-18H,5-9,11,13H2,2-3H3,(H,23,26)(H,24,25)/t14-,15-,16+,17?,18?,21-,22+/m0/s1. The molecule has 4 rings (SSSR count). The summed E-state index contributed by atoms with van der Waals surface area (Å²) in [6.07, 6.45) is 15.8. The summed E-state index contributed by atoms with van der Waals surface area (Å²) in [5.41, 5.74) is 0.145. The van der Waals surface area contributed by atoms with Gasteiger partial charge in [-0.05, 0) is 67.8 Å². The van der Waals surface area contributed by atoms with Gasteiger partial charge in [-0.25, -0.2) is 0 Å². The Hall–Kier alpha value is -1.76. The second kappa shape index (κ2) is 6.15. The molecule has 140 valence electrons. The van der Waals surface area contributed by atoms with Crippen molar-refractivity contribution in [1.29, 1.82) is 0 Å². The van der Waals surface area contributed by atoms with Crippen LogP contribution in [-0.4, -0.2) is 24.4 Å². The average Bonchev–Trinajstić information content (AvgIpc) is 2.97. The van der Waals surface area contributed by atoms with E-state index in [-0.39, 0.29) is 34.6 Å². The molecule has 3 fully saturated rings. The summed E-state index contributed by atoms with van der Waals surface area (Å²) >= 11 is 0. The minimum Gasteiger partial charge on any atom is -0.349 e. The van der Waals surface area contributed by atoms with Gasteiger partial charge in [-0.1, -0.05) is 25.8 Å². The Kier molecular flexibility index (Phi) is 4.17. The first-order valence-corrected chi connectivity index (χ1v) is 10.1. The Morgan fingerprint density at radius 1 is 1.27 bits per heavy atom. The first-order valence-electron chi connectivity index (χ1n) is 10.1. The summed E-state index contributed by atoms with van der Waals surface area (Å²) in [6.45, 7) is 5.00. The van der Waals surface area contributed by atoms with Crippen LogP contribution in [0.3, 0.4) is 0 Å². The van der Waals surface area contributed by atoms with Crippen molar-refractivity contribution in [2.75, 3.05) is 6.54 Å². The molecule has 3 aliphatic carbocycles. The molecular formula is C22H30N2O2. The molecule has 0 aromatic rings. The summed E-state index contributed by atoms with van der Waals surface area (Å²) < 4.78 is 0. The van der Waals surface area contributed by atoms with Crippen molar-refractivity contribution in [1.82, 2.24) is 10.6 Å². The summed E-state index contributed by atoms with van der Waals surface area (Å²) in [5, 5.41) is 6.13. The lowest BCUT2D eigenvalue weighted by Gasteiger charge is -2.58. The van der Waals surface area contributed by atoms with Gasteiger partial charge in [0.25, 0.3) is 0 Å². The fourth-order valence-electron chi connectivity index (χ4n) is 7.03. The van der Waals surface area contributed by atoms with Crippen molar-refractivity contribution in [2.45, 2.75) is 58.4 Å². The van der Waals surface area contributed by atoms with E-state index in [1.54, 1.807) is 6.08 Å². The van der Waals surface area contributed by atoms with Crippen LogP contribution < -0.4 is 10.6 Å². The molecule has 0 aromatic heterocycles. The molecule has 7 atom stereocenters. The van der Waals surface area contributed by atoms with Gasteiger partial charge < -0.3 is 10.6 Å². The molecule has 4 aliphatic rings. The molecule has 2 N–H and O–H groups in total. The van der Waals surface area contributed by atoms with Crippen LogP contribution in [-0.2, 0) is 9.59 Å². The van der Waals surface area contributed by atoms with Crippen molar-refractivity contribution in [2.24, 2.45) is 34.5 Å². The quantitative estimate of drug-likeness (QED) is 0.749. The number of hydrogen-bond acceptors (Lipinski definition) is 2. The molecule has 2 amide bonds. The highest BCUT2D eigenvalue weighted by molar-refractivity contribution is 5.89. The van der Waals surface area contributed by atoms with E-state index in [4.69, 9.17) is 6.42 Å².